The van der Waals surface area contributed by atoms with Gasteiger partial charge in [-0.15, -0.1) is 0 Å². The van der Waals surface area contributed by atoms with Crippen LogP contribution in [0, 0.1) is 5.92 Å². The van der Waals surface area contributed by atoms with Crippen LogP contribution in [0.15, 0.2) is 65.2 Å². The summed E-state index contributed by atoms with van der Waals surface area (Å²) in [5.41, 5.74) is 2.35. The van der Waals surface area contributed by atoms with Crippen molar-refractivity contribution < 1.29 is 9.32 Å². The minimum Gasteiger partial charge on any atom is -0.348 e. The fraction of sp³-hybridized carbons (Fsp3) is 0.250. The lowest BCUT2D eigenvalue weighted by Gasteiger charge is -2.02. The first-order valence-electron chi connectivity index (χ1n) is 8.47. The van der Waals surface area contributed by atoms with Crippen LogP contribution in [0.4, 0.5) is 0 Å². The zero-order valence-electron chi connectivity index (χ0n) is 13.8. The molecule has 5 nitrogen and oxygen atoms in total. The van der Waals surface area contributed by atoms with E-state index in [4.69, 9.17) is 4.52 Å². The molecule has 2 atom stereocenters. The number of nitrogens with one attached hydrogen (secondary N) is 1. The molecule has 1 saturated carbocycles. The molecule has 1 fully saturated rings. The number of benzene rings is 2. The summed E-state index contributed by atoms with van der Waals surface area (Å²) in [7, 11) is 0. The van der Waals surface area contributed by atoms with Gasteiger partial charge in [0.15, 0.2) is 5.82 Å². The van der Waals surface area contributed by atoms with Crippen LogP contribution in [0.2, 0.25) is 0 Å². The SMILES string of the molecule is O=C(NCc1noc(Cc2ccccc2)n1)[C@@H]1C[C@H]1c1ccccc1. The quantitative estimate of drug-likeness (QED) is 0.753. The number of carbonyl (C=O) groups is 1. The van der Waals surface area contributed by atoms with Crippen LogP contribution < -0.4 is 5.32 Å². The van der Waals surface area contributed by atoms with Gasteiger partial charge in [0.2, 0.25) is 11.8 Å². The van der Waals surface area contributed by atoms with Gasteiger partial charge in [-0.2, -0.15) is 4.98 Å². The first-order valence-corrected chi connectivity index (χ1v) is 8.47. The second-order valence-corrected chi connectivity index (χ2v) is 6.34. The zero-order chi connectivity index (χ0) is 17.1. The van der Waals surface area contributed by atoms with E-state index < -0.39 is 0 Å². The average molecular weight is 333 g/mol. The van der Waals surface area contributed by atoms with Crippen molar-refractivity contribution in [3.05, 3.63) is 83.5 Å². The van der Waals surface area contributed by atoms with E-state index in [1.807, 2.05) is 48.5 Å². The van der Waals surface area contributed by atoms with Crippen molar-refractivity contribution in [3.8, 4) is 0 Å². The molecule has 25 heavy (non-hydrogen) atoms. The van der Waals surface area contributed by atoms with Crippen LogP contribution in [0.5, 0.6) is 0 Å². The fourth-order valence-electron chi connectivity index (χ4n) is 3.05. The largest absolute Gasteiger partial charge is 0.348 e. The van der Waals surface area contributed by atoms with Gasteiger partial charge in [-0.1, -0.05) is 65.8 Å². The topological polar surface area (TPSA) is 68.0 Å². The van der Waals surface area contributed by atoms with Crippen molar-refractivity contribution in [1.29, 1.82) is 0 Å². The zero-order valence-corrected chi connectivity index (χ0v) is 13.8. The summed E-state index contributed by atoms with van der Waals surface area (Å²) in [4.78, 5) is 16.6. The fourth-order valence-corrected chi connectivity index (χ4v) is 3.05. The van der Waals surface area contributed by atoms with Gasteiger partial charge in [0, 0.05) is 5.92 Å². The molecule has 3 aromatic rings. The van der Waals surface area contributed by atoms with Crippen LogP contribution >= 0.6 is 0 Å². The van der Waals surface area contributed by atoms with E-state index in [1.165, 1.54) is 5.56 Å². The van der Waals surface area contributed by atoms with E-state index in [0.29, 0.717) is 30.6 Å². The van der Waals surface area contributed by atoms with Crippen LogP contribution in [0.3, 0.4) is 0 Å². The maximum Gasteiger partial charge on any atom is 0.231 e. The molecule has 1 N–H and O–H groups in total. The number of rotatable bonds is 6. The summed E-state index contributed by atoms with van der Waals surface area (Å²) < 4.78 is 5.26. The molecule has 5 heteroatoms. The predicted molar refractivity (Wildman–Crippen MR) is 92.7 cm³/mol. The van der Waals surface area contributed by atoms with Gasteiger partial charge < -0.3 is 9.84 Å². The summed E-state index contributed by atoms with van der Waals surface area (Å²) in [5, 5.41) is 6.85. The van der Waals surface area contributed by atoms with Gasteiger partial charge in [-0.25, -0.2) is 0 Å². The predicted octanol–water partition coefficient (Wildman–Crippen LogP) is 3.08. The standard InChI is InChI=1S/C20H19N3O2/c24-20(17-12-16(17)15-9-5-2-6-10-15)21-13-18-22-19(25-23-18)11-14-7-3-1-4-8-14/h1-10,16-17H,11-13H2,(H,21,24)/t16-,17+/m0/s1. The Morgan fingerprint density at radius 3 is 2.56 bits per heavy atom. The third-order valence-electron chi connectivity index (χ3n) is 4.48. The van der Waals surface area contributed by atoms with Gasteiger partial charge in [0.1, 0.15) is 0 Å². The van der Waals surface area contributed by atoms with Gasteiger partial charge in [0.25, 0.3) is 0 Å². The first-order chi connectivity index (χ1) is 12.3. The molecule has 0 radical (unpaired) electrons. The van der Waals surface area contributed by atoms with E-state index in [2.05, 4.69) is 27.6 Å². The highest BCUT2D eigenvalue weighted by Gasteiger charge is 2.43. The molecule has 126 valence electrons. The van der Waals surface area contributed by atoms with Crippen molar-refractivity contribution in [2.24, 2.45) is 5.92 Å². The number of hydrogen-bond donors (Lipinski definition) is 1. The third-order valence-corrected chi connectivity index (χ3v) is 4.48. The monoisotopic (exact) mass is 333 g/mol. The number of nitrogens with zero attached hydrogens (tertiary/aromatic N) is 2. The lowest BCUT2D eigenvalue weighted by Crippen LogP contribution is -2.25. The molecule has 0 bridgehead atoms. The molecular weight excluding hydrogens is 314 g/mol. The highest BCUT2D eigenvalue weighted by molar-refractivity contribution is 5.82. The highest BCUT2D eigenvalue weighted by atomic mass is 16.5. The first kappa shape index (κ1) is 15.6. The second-order valence-electron chi connectivity index (χ2n) is 6.34. The second kappa shape index (κ2) is 6.89. The van der Waals surface area contributed by atoms with Crippen molar-refractivity contribution >= 4 is 5.91 Å². The van der Waals surface area contributed by atoms with E-state index in [0.717, 1.165) is 12.0 Å². The summed E-state index contributed by atoms with van der Waals surface area (Å²) in [5.74, 6) is 1.52. The summed E-state index contributed by atoms with van der Waals surface area (Å²) >= 11 is 0. The lowest BCUT2D eigenvalue weighted by molar-refractivity contribution is -0.122. The van der Waals surface area contributed by atoms with Crippen molar-refractivity contribution in [2.45, 2.75) is 25.3 Å². The normalized spacial score (nSPS) is 18.7. The molecule has 1 heterocycles. The van der Waals surface area contributed by atoms with E-state index in [9.17, 15) is 4.79 Å². The maximum atomic E-state index is 12.3. The molecule has 0 aliphatic heterocycles. The van der Waals surface area contributed by atoms with Crippen LogP contribution in [-0.2, 0) is 17.8 Å². The summed E-state index contributed by atoms with van der Waals surface area (Å²) in [6, 6.07) is 20.1. The van der Waals surface area contributed by atoms with E-state index in [-0.39, 0.29) is 11.8 Å². The molecule has 1 amide bonds. The highest BCUT2D eigenvalue weighted by Crippen LogP contribution is 2.47. The third kappa shape index (κ3) is 3.76. The van der Waals surface area contributed by atoms with Crippen LogP contribution in [-0.4, -0.2) is 16.0 Å². The van der Waals surface area contributed by atoms with E-state index >= 15 is 0 Å². The van der Waals surface area contributed by atoms with E-state index in [1.54, 1.807) is 0 Å². The van der Waals surface area contributed by atoms with Crippen molar-refractivity contribution in [3.63, 3.8) is 0 Å². The molecule has 4 rings (SSSR count). The van der Waals surface area contributed by atoms with Crippen LogP contribution in [0.25, 0.3) is 0 Å². The Morgan fingerprint density at radius 2 is 1.80 bits per heavy atom. The Balaban J connectivity index is 1.28. The Hall–Kier alpha value is -2.95. The van der Waals surface area contributed by atoms with Crippen molar-refractivity contribution in [2.75, 3.05) is 0 Å². The Kier molecular flexibility index (Phi) is 4.29. The summed E-state index contributed by atoms with van der Waals surface area (Å²) in [6.45, 7) is 0.301. The van der Waals surface area contributed by atoms with Gasteiger partial charge in [-0.3, -0.25) is 4.79 Å². The average Bonchev–Trinajstić information content (AvgIpc) is 3.35. The molecule has 0 saturated heterocycles. The summed E-state index contributed by atoms with van der Waals surface area (Å²) in [6.07, 6.45) is 1.50. The number of hydrogen-bond acceptors (Lipinski definition) is 4. The minimum atomic E-state index is 0.0538. The molecule has 1 aliphatic carbocycles. The van der Waals surface area contributed by atoms with Crippen LogP contribution in [0.1, 0.15) is 35.2 Å². The number of amides is 1. The maximum absolute atomic E-state index is 12.3. The lowest BCUT2D eigenvalue weighted by atomic mass is 10.1. The number of carbonyl (C=O) groups excluding carboxylic acids is 1. The number of aromatic nitrogens is 2. The molecule has 1 aromatic heterocycles. The Bertz CT molecular complexity index is 846. The van der Waals surface area contributed by atoms with Gasteiger partial charge in [-0.05, 0) is 23.5 Å². The molecule has 1 aliphatic rings. The molecule has 0 spiro atoms. The van der Waals surface area contributed by atoms with Crippen molar-refractivity contribution in [1.82, 2.24) is 15.5 Å². The molecule has 0 unspecified atom stereocenters. The Morgan fingerprint density at radius 1 is 1.08 bits per heavy atom. The van der Waals surface area contributed by atoms with Gasteiger partial charge >= 0.3 is 0 Å². The van der Waals surface area contributed by atoms with Gasteiger partial charge in [0.05, 0.1) is 13.0 Å². The molecular formula is C20H19N3O2. The minimum absolute atomic E-state index is 0.0538. The smallest absolute Gasteiger partial charge is 0.231 e. The molecule has 2 aromatic carbocycles. The Labute approximate surface area is 146 Å².